The van der Waals surface area contributed by atoms with Gasteiger partial charge in [0, 0.05) is 44.1 Å². The molecule has 0 amide bonds. The van der Waals surface area contributed by atoms with Gasteiger partial charge in [-0.2, -0.15) is 0 Å². The average Bonchev–Trinajstić information content (AvgIpc) is 3.76. The zero-order chi connectivity index (χ0) is 40.0. The lowest BCUT2D eigenvalue weighted by molar-refractivity contribution is 0.660. The monoisotopic (exact) mass is 766 g/mol. The van der Waals surface area contributed by atoms with E-state index in [1.54, 1.807) is 0 Å². The minimum absolute atomic E-state index is 0.134. The molecule has 1 aliphatic rings. The van der Waals surface area contributed by atoms with E-state index < -0.39 is 0 Å². The lowest BCUT2D eigenvalue weighted by atomic mass is 9.81. The van der Waals surface area contributed by atoms with Gasteiger partial charge in [0.2, 0.25) is 0 Å². The maximum absolute atomic E-state index is 5.13. The van der Waals surface area contributed by atoms with Gasteiger partial charge in [0.1, 0.15) is 0 Å². The van der Waals surface area contributed by atoms with Gasteiger partial charge in [-0.15, -0.1) is 0 Å². The van der Waals surface area contributed by atoms with E-state index in [0.29, 0.717) is 17.5 Å². The maximum atomic E-state index is 5.13. The van der Waals surface area contributed by atoms with Crippen molar-refractivity contribution in [1.29, 1.82) is 0 Å². The Kier molecular flexibility index (Phi) is 7.54. The first-order valence-electron chi connectivity index (χ1n) is 20.6. The Labute approximate surface area is 348 Å². The van der Waals surface area contributed by atoms with Crippen LogP contribution in [-0.2, 0) is 5.41 Å². The molecule has 0 atom stereocenters. The number of hydrogen-bond donors (Lipinski definition) is 0. The third-order valence-electron chi connectivity index (χ3n) is 12.6. The van der Waals surface area contributed by atoms with Crippen LogP contribution in [0.5, 0.6) is 0 Å². The van der Waals surface area contributed by atoms with Crippen molar-refractivity contribution in [2.24, 2.45) is 0 Å². The standard InChI is InChI=1S/C56H38N4/c1-56(2)47-27-14-13-26-44(47)45-30-28-39(34-48(45)56)50-43-25-12-10-21-38(43)33-46-51-42-24-11-9-16-35(42)29-31-49(51)60(52(46)50)41-23-15-22-40(32-41)55-58-53(36-17-5-3-6-18-36)57-54(59-55)37-19-7-4-8-20-37/h3-34H,1-2H3. The molecule has 0 spiro atoms. The normalized spacial score (nSPS) is 13.0. The summed E-state index contributed by atoms with van der Waals surface area (Å²) < 4.78 is 2.48. The largest absolute Gasteiger partial charge is 0.309 e. The molecule has 282 valence electrons. The van der Waals surface area contributed by atoms with E-state index in [-0.39, 0.29) is 5.41 Å². The van der Waals surface area contributed by atoms with E-state index >= 15 is 0 Å². The van der Waals surface area contributed by atoms with Crippen LogP contribution in [0.3, 0.4) is 0 Å². The molecule has 11 aromatic rings. The summed E-state index contributed by atoms with van der Waals surface area (Å²) >= 11 is 0. The molecule has 0 fully saturated rings. The summed E-state index contributed by atoms with van der Waals surface area (Å²) in [6.45, 7) is 4.73. The Morgan fingerprint density at radius 3 is 1.75 bits per heavy atom. The van der Waals surface area contributed by atoms with Crippen LogP contribution >= 0.6 is 0 Å². The molecule has 0 N–H and O–H groups in total. The number of aromatic nitrogens is 4. The van der Waals surface area contributed by atoms with Crippen LogP contribution in [0.15, 0.2) is 194 Å². The third kappa shape index (κ3) is 5.20. The van der Waals surface area contributed by atoms with Crippen molar-refractivity contribution >= 4 is 43.4 Å². The first kappa shape index (κ1) is 34.4. The molecule has 0 saturated heterocycles. The van der Waals surface area contributed by atoms with Gasteiger partial charge in [-0.25, -0.2) is 15.0 Å². The predicted octanol–water partition coefficient (Wildman–Crippen LogP) is 14.2. The summed E-state index contributed by atoms with van der Waals surface area (Å²) in [5.41, 5.74) is 13.8. The fraction of sp³-hybridized carbons (Fsp3) is 0.0536. The summed E-state index contributed by atoms with van der Waals surface area (Å²) in [4.78, 5) is 15.2. The zero-order valence-corrected chi connectivity index (χ0v) is 33.3. The minimum Gasteiger partial charge on any atom is -0.309 e. The van der Waals surface area contributed by atoms with Crippen molar-refractivity contribution in [1.82, 2.24) is 19.5 Å². The van der Waals surface area contributed by atoms with Crippen molar-refractivity contribution in [3.8, 4) is 62.1 Å². The maximum Gasteiger partial charge on any atom is 0.164 e. The predicted molar refractivity (Wildman–Crippen MR) is 248 cm³/mol. The highest BCUT2D eigenvalue weighted by atomic mass is 15.0. The summed E-state index contributed by atoms with van der Waals surface area (Å²) in [7, 11) is 0. The van der Waals surface area contributed by atoms with Crippen LogP contribution in [0.25, 0.3) is 105 Å². The molecule has 2 aromatic heterocycles. The van der Waals surface area contributed by atoms with Gasteiger partial charge in [-0.1, -0.05) is 178 Å². The average molecular weight is 767 g/mol. The Morgan fingerprint density at radius 2 is 1.00 bits per heavy atom. The molecule has 0 aliphatic heterocycles. The van der Waals surface area contributed by atoms with Gasteiger partial charge in [0.25, 0.3) is 0 Å². The second kappa shape index (κ2) is 13.2. The van der Waals surface area contributed by atoms with E-state index in [1.807, 2.05) is 36.4 Å². The Hall–Kier alpha value is -7.69. The van der Waals surface area contributed by atoms with E-state index in [0.717, 1.165) is 27.9 Å². The SMILES string of the molecule is CC1(C)c2ccccc2-c2ccc(-c3c4ccccc4cc4c5c6ccccc6ccc5n(-c5cccc(-c6nc(-c7ccccc7)nc(-c7ccccc7)n6)c5)c34)cc21. The van der Waals surface area contributed by atoms with E-state index in [1.165, 1.54) is 71.2 Å². The molecule has 0 bridgehead atoms. The molecule has 2 heterocycles. The van der Waals surface area contributed by atoms with Gasteiger partial charge in [-0.05, 0) is 79.7 Å². The quantitative estimate of drug-likeness (QED) is 0.175. The first-order chi connectivity index (χ1) is 29.5. The number of nitrogens with zero attached hydrogens (tertiary/aromatic N) is 4. The molecule has 4 heteroatoms. The highest BCUT2D eigenvalue weighted by molar-refractivity contribution is 6.27. The second-order valence-electron chi connectivity index (χ2n) is 16.4. The number of fused-ring (bicyclic) bond motifs is 9. The lowest BCUT2D eigenvalue weighted by Crippen LogP contribution is -2.14. The van der Waals surface area contributed by atoms with Crippen LogP contribution in [0.4, 0.5) is 0 Å². The van der Waals surface area contributed by atoms with Crippen molar-refractivity contribution in [3.05, 3.63) is 205 Å². The molecular formula is C56H38N4. The van der Waals surface area contributed by atoms with Crippen molar-refractivity contribution in [2.75, 3.05) is 0 Å². The van der Waals surface area contributed by atoms with Gasteiger partial charge >= 0.3 is 0 Å². The summed E-state index contributed by atoms with van der Waals surface area (Å²) in [5.74, 6) is 1.91. The van der Waals surface area contributed by atoms with Crippen LogP contribution < -0.4 is 0 Å². The van der Waals surface area contributed by atoms with E-state index in [9.17, 15) is 0 Å². The molecule has 0 radical (unpaired) electrons. The fourth-order valence-electron chi connectivity index (χ4n) is 9.75. The van der Waals surface area contributed by atoms with Gasteiger partial charge in [0.15, 0.2) is 17.5 Å². The number of benzene rings is 9. The molecular weight excluding hydrogens is 729 g/mol. The van der Waals surface area contributed by atoms with Crippen LogP contribution in [0, 0.1) is 0 Å². The molecule has 0 saturated carbocycles. The zero-order valence-electron chi connectivity index (χ0n) is 33.3. The lowest BCUT2D eigenvalue weighted by Gasteiger charge is -2.22. The smallest absolute Gasteiger partial charge is 0.164 e. The summed E-state index contributed by atoms with van der Waals surface area (Å²) in [6.07, 6.45) is 0. The van der Waals surface area contributed by atoms with Crippen molar-refractivity contribution < 1.29 is 0 Å². The third-order valence-corrected chi connectivity index (χ3v) is 12.6. The number of hydrogen-bond acceptors (Lipinski definition) is 3. The van der Waals surface area contributed by atoms with Crippen molar-refractivity contribution in [2.45, 2.75) is 19.3 Å². The Bertz CT molecular complexity index is 3450. The summed E-state index contributed by atoms with van der Waals surface area (Å²) in [5, 5.41) is 7.36. The molecule has 12 rings (SSSR count). The molecule has 1 aliphatic carbocycles. The highest BCUT2D eigenvalue weighted by Gasteiger charge is 2.35. The molecule has 60 heavy (non-hydrogen) atoms. The van der Waals surface area contributed by atoms with Gasteiger partial charge < -0.3 is 4.57 Å². The van der Waals surface area contributed by atoms with E-state index in [2.05, 4.69) is 176 Å². The van der Waals surface area contributed by atoms with Crippen LogP contribution in [-0.4, -0.2) is 19.5 Å². The molecule has 4 nitrogen and oxygen atoms in total. The van der Waals surface area contributed by atoms with Gasteiger partial charge in [0.05, 0.1) is 11.0 Å². The second-order valence-corrected chi connectivity index (χ2v) is 16.4. The molecule has 9 aromatic carbocycles. The van der Waals surface area contributed by atoms with Crippen LogP contribution in [0.1, 0.15) is 25.0 Å². The highest BCUT2D eigenvalue weighted by Crippen LogP contribution is 2.51. The summed E-state index contributed by atoms with van der Waals surface area (Å²) in [6, 6.07) is 69.7. The van der Waals surface area contributed by atoms with Crippen molar-refractivity contribution in [3.63, 3.8) is 0 Å². The van der Waals surface area contributed by atoms with E-state index in [4.69, 9.17) is 15.0 Å². The number of rotatable bonds is 5. The topological polar surface area (TPSA) is 43.6 Å². The Morgan fingerprint density at radius 1 is 0.400 bits per heavy atom. The van der Waals surface area contributed by atoms with Crippen LogP contribution in [0.2, 0.25) is 0 Å². The minimum atomic E-state index is -0.134. The Balaban J connectivity index is 1.16. The first-order valence-corrected chi connectivity index (χ1v) is 20.6. The fourth-order valence-corrected chi connectivity index (χ4v) is 9.75. The van der Waals surface area contributed by atoms with Gasteiger partial charge in [-0.3, -0.25) is 0 Å². The molecule has 0 unspecified atom stereocenters.